The number of para-hydroxylation sites is 1. The molecule has 1 saturated heterocycles. The van der Waals surface area contributed by atoms with E-state index in [1.165, 1.54) is 10.9 Å². The fourth-order valence-electron chi connectivity index (χ4n) is 4.97. The highest BCUT2D eigenvalue weighted by atomic mass is 32.2. The minimum Gasteiger partial charge on any atom is -0.508 e. The summed E-state index contributed by atoms with van der Waals surface area (Å²) in [5, 5.41) is 15.1. The number of aromatic hydroxyl groups is 1. The van der Waals surface area contributed by atoms with Crippen molar-refractivity contribution in [2.24, 2.45) is 0 Å². The number of rotatable bonds is 8. The second-order valence-electron chi connectivity index (χ2n) is 9.84. The molecule has 3 aromatic heterocycles. The summed E-state index contributed by atoms with van der Waals surface area (Å²) in [7, 11) is -3.72. The van der Waals surface area contributed by atoms with Crippen molar-refractivity contribution >= 4 is 49.6 Å². The van der Waals surface area contributed by atoms with E-state index < -0.39 is 15.9 Å². The number of carbonyl (C=O) groups is 1. The number of aromatic nitrogens is 6. The number of nitrogens with zero attached hydrogens (tertiary/aromatic N) is 8. The number of phenolic OH excluding ortho intramolecular Hbond substituents is 1. The Kier molecular flexibility index (Phi) is 6.91. The van der Waals surface area contributed by atoms with E-state index in [0.29, 0.717) is 55.5 Å². The number of hydrogen-bond donors (Lipinski definition) is 2. The molecular weight excluding hydrogens is 546 g/mol. The molecule has 0 spiro atoms. The van der Waals surface area contributed by atoms with Crippen LogP contribution in [0.2, 0.25) is 0 Å². The second kappa shape index (κ2) is 10.7. The highest BCUT2D eigenvalue weighted by molar-refractivity contribution is 7.90. The van der Waals surface area contributed by atoms with Crippen molar-refractivity contribution in [3.63, 3.8) is 0 Å². The van der Waals surface area contributed by atoms with Crippen molar-refractivity contribution in [2.45, 2.75) is 19.9 Å². The average Bonchev–Trinajstić information content (AvgIpc) is 3.57. The molecule has 5 aromatic rings. The lowest BCUT2D eigenvalue weighted by Gasteiger charge is -2.36. The summed E-state index contributed by atoms with van der Waals surface area (Å²) in [4.78, 5) is 31.2. The first-order valence-electron chi connectivity index (χ1n) is 13.3. The van der Waals surface area contributed by atoms with E-state index in [4.69, 9.17) is 9.97 Å². The molecule has 1 fully saturated rings. The number of phenols is 1. The normalized spacial score (nSPS) is 14.2. The van der Waals surface area contributed by atoms with Crippen LogP contribution in [0.5, 0.6) is 5.75 Å². The third-order valence-corrected chi connectivity index (χ3v) is 8.43. The molecule has 1 amide bonds. The highest BCUT2D eigenvalue weighted by Crippen LogP contribution is 2.26. The molecule has 1 aliphatic rings. The van der Waals surface area contributed by atoms with Crippen LogP contribution in [0, 0.1) is 0 Å². The molecule has 4 heterocycles. The van der Waals surface area contributed by atoms with Crippen LogP contribution >= 0.6 is 0 Å². The summed E-state index contributed by atoms with van der Waals surface area (Å²) in [5.74, 6) is 0.332. The fourth-order valence-corrected chi connectivity index (χ4v) is 6.02. The van der Waals surface area contributed by atoms with Crippen molar-refractivity contribution in [2.75, 3.05) is 41.7 Å². The zero-order valence-electron chi connectivity index (χ0n) is 22.4. The quantitative estimate of drug-likeness (QED) is 0.281. The van der Waals surface area contributed by atoms with Gasteiger partial charge in [0, 0.05) is 37.3 Å². The number of fused-ring (bicyclic) bond motifs is 2. The minimum atomic E-state index is -3.72. The van der Waals surface area contributed by atoms with E-state index in [-0.39, 0.29) is 18.0 Å². The third-order valence-electron chi connectivity index (χ3n) is 6.95. The first kappa shape index (κ1) is 26.5. The molecule has 1 aliphatic heterocycles. The summed E-state index contributed by atoms with van der Waals surface area (Å²) in [6.07, 6.45) is 3.61. The molecule has 0 saturated carbocycles. The van der Waals surface area contributed by atoms with E-state index >= 15 is 0 Å². The predicted octanol–water partition coefficient (Wildman–Crippen LogP) is 2.05. The number of imidazole rings is 1. The van der Waals surface area contributed by atoms with Crippen LogP contribution in [-0.2, 0) is 21.4 Å². The van der Waals surface area contributed by atoms with Gasteiger partial charge in [-0.25, -0.2) is 18.1 Å². The summed E-state index contributed by atoms with van der Waals surface area (Å²) in [6, 6.07) is 14.9. The molecule has 6 rings (SSSR count). The maximum Gasteiger partial charge on any atom is 0.253 e. The van der Waals surface area contributed by atoms with Crippen LogP contribution < -0.4 is 14.5 Å². The summed E-state index contributed by atoms with van der Waals surface area (Å²) in [6.45, 7) is 4.15. The van der Waals surface area contributed by atoms with Gasteiger partial charge in [-0.15, -0.1) is 0 Å². The van der Waals surface area contributed by atoms with Crippen LogP contribution in [0.25, 0.3) is 27.9 Å². The average molecular weight is 576 g/mol. The van der Waals surface area contributed by atoms with E-state index in [9.17, 15) is 18.3 Å². The molecule has 41 heavy (non-hydrogen) atoms. The van der Waals surface area contributed by atoms with Crippen molar-refractivity contribution in [3.8, 4) is 11.6 Å². The van der Waals surface area contributed by atoms with Gasteiger partial charge in [0.25, 0.3) is 5.91 Å². The SMILES string of the molecule is CCCS(=O)(=O)NC(=O)Cn1cnc2c(-n3ncc4ccccc43)nc(N3CCN(c4ccc(O)cc4)CC3)nc21. The molecule has 13 nitrogen and oxygen atoms in total. The van der Waals surface area contributed by atoms with Gasteiger partial charge in [-0.05, 0) is 36.8 Å². The van der Waals surface area contributed by atoms with Gasteiger partial charge in [0.1, 0.15) is 12.3 Å². The van der Waals surface area contributed by atoms with Crippen LogP contribution in [0.15, 0.2) is 61.1 Å². The number of sulfonamides is 1. The molecule has 0 radical (unpaired) electrons. The molecule has 212 valence electrons. The molecule has 2 aromatic carbocycles. The Hall–Kier alpha value is -4.72. The highest BCUT2D eigenvalue weighted by Gasteiger charge is 2.24. The molecule has 0 aliphatic carbocycles. The fraction of sp³-hybridized carbons (Fsp3) is 0.296. The van der Waals surface area contributed by atoms with Crippen LogP contribution in [-0.4, -0.2) is 80.7 Å². The Balaban J connectivity index is 1.36. The third kappa shape index (κ3) is 5.37. The van der Waals surface area contributed by atoms with Gasteiger partial charge in [0.05, 0.1) is 23.8 Å². The van der Waals surface area contributed by atoms with Crippen molar-refractivity contribution < 1.29 is 18.3 Å². The first-order valence-corrected chi connectivity index (χ1v) is 14.9. The van der Waals surface area contributed by atoms with Gasteiger partial charge in [0.2, 0.25) is 16.0 Å². The topological polar surface area (TPSA) is 151 Å². The number of piperazine rings is 1. The predicted molar refractivity (Wildman–Crippen MR) is 155 cm³/mol. The van der Waals surface area contributed by atoms with Gasteiger partial charge < -0.3 is 19.5 Å². The van der Waals surface area contributed by atoms with Crippen molar-refractivity contribution in [3.05, 3.63) is 61.1 Å². The van der Waals surface area contributed by atoms with Crippen molar-refractivity contribution in [1.29, 1.82) is 0 Å². The maximum absolute atomic E-state index is 12.7. The zero-order valence-corrected chi connectivity index (χ0v) is 23.2. The number of benzene rings is 2. The molecule has 2 N–H and O–H groups in total. The monoisotopic (exact) mass is 575 g/mol. The Morgan fingerprint density at radius 2 is 1.73 bits per heavy atom. The Morgan fingerprint density at radius 3 is 2.49 bits per heavy atom. The smallest absolute Gasteiger partial charge is 0.253 e. The molecule has 0 unspecified atom stereocenters. The van der Waals surface area contributed by atoms with E-state index in [1.54, 1.807) is 29.9 Å². The summed E-state index contributed by atoms with van der Waals surface area (Å²) < 4.78 is 29.7. The Morgan fingerprint density at radius 1 is 1.00 bits per heavy atom. The zero-order chi connectivity index (χ0) is 28.6. The summed E-state index contributed by atoms with van der Waals surface area (Å²) >= 11 is 0. The van der Waals surface area contributed by atoms with E-state index in [1.807, 2.05) is 36.4 Å². The van der Waals surface area contributed by atoms with Gasteiger partial charge in [-0.1, -0.05) is 25.1 Å². The number of carbonyl (C=O) groups excluding carboxylic acids is 1. The lowest BCUT2D eigenvalue weighted by molar-refractivity contribution is -0.119. The van der Waals surface area contributed by atoms with Crippen LogP contribution in [0.3, 0.4) is 0 Å². The van der Waals surface area contributed by atoms with Crippen LogP contribution in [0.4, 0.5) is 11.6 Å². The second-order valence-corrected chi connectivity index (χ2v) is 11.7. The molecule has 0 bridgehead atoms. The first-order chi connectivity index (χ1) is 19.8. The maximum atomic E-state index is 12.7. The number of nitrogens with one attached hydrogen (secondary N) is 1. The number of hydrogen-bond acceptors (Lipinski definition) is 10. The lowest BCUT2D eigenvalue weighted by Crippen LogP contribution is -2.47. The largest absolute Gasteiger partial charge is 0.508 e. The van der Waals surface area contributed by atoms with Crippen LogP contribution in [0.1, 0.15) is 13.3 Å². The number of anilines is 2. The standard InChI is InChI=1S/C27H29N9O4S/c1-2-15-41(39,40)32-23(38)17-35-18-28-24-25(35)30-27(31-26(24)36-22-6-4-3-5-19(22)16-29-36)34-13-11-33(12-14-34)20-7-9-21(37)10-8-20/h3-10,16,18,37H,2,11-15,17H2,1H3,(H,32,38). The Labute approximate surface area is 236 Å². The minimum absolute atomic E-state index is 0.137. The van der Waals surface area contributed by atoms with E-state index in [0.717, 1.165) is 16.6 Å². The Bertz CT molecular complexity index is 1830. The van der Waals surface area contributed by atoms with Crippen molar-refractivity contribution in [1.82, 2.24) is 34.0 Å². The van der Waals surface area contributed by atoms with Gasteiger partial charge in [-0.3, -0.25) is 9.52 Å². The molecule has 14 heteroatoms. The molecular formula is C27H29N9O4S. The molecule has 0 atom stereocenters. The number of amides is 1. The van der Waals surface area contributed by atoms with Gasteiger partial charge >= 0.3 is 0 Å². The lowest BCUT2D eigenvalue weighted by atomic mass is 10.2. The van der Waals surface area contributed by atoms with E-state index in [2.05, 4.69) is 24.6 Å². The summed E-state index contributed by atoms with van der Waals surface area (Å²) in [5.41, 5.74) is 2.70. The van der Waals surface area contributed by atoms with Gasteiger partial charge in [0.15, 0.2) is 17.0 Å². The van der Waals surface area contributed by atoms with Gasteiger partial charge in [-0.2, -0.15) is 15.1 Å².